The fraction of sp³-hybridized carbons (Fsp3) is 0.579. The highest BCUT2D eigenvalue weighted by molar-refractivity contribution is 6.33. The highest BCUT2D eigenvalue weighted by Crippen LogP contribution is 2.44. The molecule has 2 aromatic heterocycles. The zero-order valence-electron chi connectivity index (χ0n) is 15.4. The lowest BCUT2D eigenvalue weighted by Crippen LogP contribution is -2.44. The van der Waals surface area contributed by atoms with Crippen LogP contribution in [0.5, 0.6) is 0 Å². The number of fused-ring (bicyclic) bond motifs is 2. The first-order valence-electron chi connectivity index (χ1n) is 9.13. The molecule has 136 valence electrons. The molecule has 2 aromatic rings. The van der Waals surface area contributed by atoms with Gasteiger partial charge in [-0.05, 0) is 31.7 Å². The molecule has 0 spiro atoms. The average molecular weight is 371 g/mol. The van der Waals surface area contributed by atoms with Gasteiger partial charge >= 0.3 is 0 Å². The van der Waals surface area contributed by atoms with E-state index in [2.05, 4.69) is 57.9 Å². The molecular weight excluding hydrogens is 348 g/mol. The first-order valence-corrected chi connectivity index (χ1v) is 9.51. The highest BCUT2D eigenvalue weighted by Gasteiger charge is 2.43. The van der Waals surface area contributed by atoms with Crippen LogP contribution in [0.1, 0.15) is 63.8 Å². The summed E-state index contributed by atoms with van der Waals surface area (Å²) in [5, 5.41) is 18.4. The van der Waals surface area contributed by atoms with Gasteiger partial charge in [-0.15, -0.1) is 5.10 Å². The standard InChI is InChI=1S/C19H23ClN6/c1-19(2,3)17-11-25(24-23-17)15-7-13-4-5-14(8-15)26(13)18-16(20)6-12(9-21)10-22-18/h6,10-11,13-15H,4-5,7-8H2,1-3H3. The SMILES string of the molecule is CC(C)(C)c1cn(C2CC3CCC(C2)N3c2ncc(C#N)cc2Cl)nn1. The Balaban J connectivity index is 1.57. The summed E-state index contributed by atoms with van der Waals surface area (Å²) in [6, 6.07) is 4.97. The second-order valence-corrected chi connectivity index (χ2v) is 8.80. The number of nitrogens with zero attached hydrogens (tertiary/aromatic N) is 6. The van der Waals surface area contributed by atoms with Crippen LogP contribution in [0.3, 0.4) is 0 Å². The van der Waals surface area contributed by atoms with E-state index >= 15 is 0 Å². The van der Waals surface area contributed by atoms with Crippen LogP contribution < -0.4 is 4.90 Å². The maximum absolute atomic E-state index is 9.02. The Morgan fingerprint density at radius 1 is 1.19 bits per heavy atom. The van der Waals surface area contributed by atoms with Crippen molar-refractivity contribution in [3.05, 3.63) is 34.7 Å². The molecule has 2 atom stereocenters. The molecule has 4 heterocycles. The minimum Gasteiger partial charge on any atom is -0.349 e. The van der Waals surface area contributed by atoms with Crippen molar-refractivity contribution in [1.29, 1.82) is 5.26 Å². The topological polar surface area (TPSA) is 70.6 Å². The Morgan fingerprint density at radius 3 is 2.42 bits per heavy atom. The first-order chi connectivity index (χ1) is 12.4. The second kappa shape index (κ2) is 6.24. The summed E-state index contributed by atoms with van der Waals surface area (Å²) < 4.78 is 2.05. The van der Waals surface area contributed by atoms with Gasteiger partial charge in [0.1, 0.15) is 11.9 Å². The summed E-state index contributed by atoms with van der Waals surface area (Å²) >= 11 is 6.42. The second-order valence-electron chi connectivity index (χ2n) is 8.39. The molecular formula is C19H23ClN6. The van der Waals surface area contributed by atoms with Gasteiger partial charge in [0.2, 0.25) is 0 Å². The van der Waals surface area contributed by atoms with Crippen molar-refractivity contribution in [3.8, 4) is 6.07 Å². The van der Waals surface area contributed by atoms with E-state index < -0.39 is 0 Å². The molecule has 2 saturated heterocycles. The molecule has 2 bridgehead atoms. The summed E-state index contributed by atoms with van der Waals surface area (Å²) in [5.74, 6) is 0.811. The number of aromatic nitrogens is 4. The zero-order valence-corrected chi connectivity index (χ0v) is 16.1. The van der Waals surface area contributed by atoms with E-state index in [9.17, 15) is 0 Å². The van der Waals surface area contributed by atoms with E-state index in [-0.39, 0.29) is 5.41 Å². The largest absolute Gasteiger partial charge is 0.349 e. The zero-order chi connectivity index (χ0) is 18.5. The Morgan fingerprint density at radius 2 is 1.88 bits per heavy atom. The van der Waals surface area contributed by atoms with Crippen molar-refractivity contribution in [3.63, 3.8) is 0 Å². The van der Waals surface area contributed by atoms with Gasteiger partial charge in [0, 0.05) is 29.9 Å². The lowest BCUT2D eigenvalue weighted by atomic mass is 9.93. The first kappa shape index (κ1) is 17.3. The van der Waals surface area contributed by atoms with Gasteiger partial charge in [-0.3, -0.25) is 0 Å². The lowest BCUT2D eigenvalue weighted by molar-refractivity contribution is 0.309. The van der Waals surface area contributed by atoms with E-state index in [0.717, 1.165) is 37.2 Å². The van der Waals surface area contributed by atoms with Gasteiger partial charge in [0.05, 0.1) is 22.3 Å². The quantitative estimate of drug-likeness (QED) is 0.802. The number of hydrogen-bond acceptors (Lipinski definition) is 5. The van der Waals surface area contributed by atoms with E-state index in [0.29, 0.717) is 28.7 Å². The predicted molar refractivity (Wildman–Crippen MR) is 100 cm³/mol. The number of piperidine rings is 1. The minimum atomic E-state index is 0.0118. The van der Waals surface area contributed by atoms with Gasteiger partial charge in [0.25, 0.3) is 0 Å². The Labute approximate surface area is 158 Å². The van der Waals surface area contributed by atoms with Crippen LogP contribution in [0.2, 0.25) is 5.02 Å². The molecule has 0 amide bonds. The van der Waals surface area contributed by atoms with Gasteiger partial charge in [0.15, 0.2) is 0 Å². The van der Waals surface area contributed by atoms with Gasteiger partial charge in [-0.2, -0.15) is 5.26 Å². The van der Waals surface area contributed by atoms with Crippen molar-refractivity contribution in [2.75, 3.05) is 4.90 Å². The molecule has 4 rings (SSSR count). The molecule has 2 fully saturated rings. The summed E-state index contributed by atoms with van der Waals surface area (Å²) in [4.78, 5) is 6.85. The summed E-state index contributed by atoms with van der Waals surface area (Å²) in [7, 11) is 0. The third kappa shape index (κ3) is 2.95. The van der Waals surface area contributed by atoms with Crippen LogP contribution in [0, 0.1) is 11.3 Å². The smallest absolute Gasteiger partial charge is 0.147 e. The molecule has 0 saturated carbocycles. The molecule has 7 heteroatoms. The highest BCUT2D eigenvalue weighted by atomic mass is 35.5. The van der Waals surface area contributed by atoms with Gasteiger partial charge in [-0.1, -0.05) is 37.6 Å². The Hall–Kier alpha value is -2.13. The van der Waals surface area contributed by atoms with Crippen molar-refractivity contribution >= 4 is 17.4 Å². The monoisotopic (exact) mass is 370 g/mol. The van der Waals surface area contributed by atoms with E-state index in [4.69, 9.17) is 16.9 Å². The fourth-order valence-corrected chi connectivity index (χ4v) is 4.45. The number of nitriles is 1. The average Bonchev–Trinajstić information content (AvgIpc) is 3.18. The number of anilines is 1. The van der Waals surface area contributed by atoms with Crippen molar-refractivity contribution in [2.45, 2.75) is 70.0 Å². The predicted octanol–water partition coefficient (Wildman–Crippen LogP) is 3.87. The molecule has 2 aliphatic rings. The van der Waals surface area contributed by atoms with Crippen molar-refractivity contribution < 1.29 is 0 Å². The van der Waals surface area contributed by atoms with E-state index in [1.807, 2.05) is 0 Å². The van der Waals surface area contributed by atoms with Gasteiger partial charge in [-0.25, -0.2) is 9.67 Å². The van der Waals surface area contributed by atoms with Crippen LogP contribution in [0.4, 0.5) is 5.82 Å². The van der Waals surface area contributed by atoms with Crippen LogP contribution in [0.15, 0.2) is 18.5 Å². The van der Waals surface area contributed by atoms with Gasteiger partial charge < -0.3 is 4.90 Å². The molecule has 0 N–H and O–H groups in total. The molecule has 2 aliphatic heterocycles. The van der Waals surface area contributed by atoms with Crippen molar-refractivity contribution in [2.24, 2.45) is 0 Å². The Kier molecular flexibility index (Phi) is 4.15. The van der Waals surface area contributed by atoms with Crippen LogP contribution in [-0.4, -0.2) is 32.1 Å². The van der Waals surface area contributed by atoms with E-state index in [1.54, 1.807) is 12.3 Å². The third-order valence-electron chi connectivity index (χ3n) is 5.56. The molecule has 0 aliphatic carbocycles. The van der Waals surface area contributed by atoms with Crippen LogP contribution in [0.25, 0.3) is 0 Å². The molecule has 26 heavy (non-hydrogen) atoms. The van der Waals surface area contributed by atoms with Crippen LogP contribution in [-0.2, 0) is 5.41 Å². The summed E-state index contributed by atoms with van der Waals surface area (Å²) in [6.45, 7) is 6.48. The molecule has 2 unspecified atom stereocenters. The molecule has 6 nitrogen and oxygen atoms in total. The number of halogens is 1. The third-order valence-corrected chi connectivity index (χ3v) is 5.83. The molecule has 0 aromatic carbocycles. The number of pyridine rings is 1. The summed E-state index contributed by atoms with van der Waals surface area (Å²) in [5.41, 5.74) is 1.54. The Bertz CT molecular complexity index is 848. The maximum atomic E-state index is 9.02. The van der Waals surface area contributed by atoms with Crippen LogP contribution >= 0.6 is 11.6 Å². The molecule has 0 radical (unpaired) electrons. The summed E-state index contributed by atoms with van der Waals surface area (Å²) in [6.07, 6.45) is 8.02. The normalized spacial score (nSPS) is 25.3. The minimum absolute atomic E-state index is 0.0118. The fourth-order valence-electron chi connectivity index (χ4n) is 4.19. The van der Waals surface area contributed by atoms with E-state index in [1.165, 1.54) is 0 Å². The maximum Gasteiger partial charge on any atom is 0.147 e. The van der Waals surface area contributed by atoms with Crippen molar-refractivity contribution in [1.82, 2.24) is 20.0 Å². The number of hydrogen-bond donors (Lipinski definition) is 0. The lowest BCUT2D eigenvalue weighted by Gasteiger charge is -2.40. The number of rotatable bonds is 2.